The minimum absolute atomic E-state index is 0.0948. The highest BCUT2D eigenvalue weighted by Gasteiger charge is 2.74. The van der Waals surface area contributed by atoms with Gasteiger partial charge in [-0.1, -0.05) is 6.92 Å². The van der Waals surface area contributed by atoms with Crippen LogP contribution in [0.5, 0.6) is 0 Å². The number of aryl methyl sites for hydroxylation is 1. The molecule has 3 aromatic rings. The van der Waals surface area contributed by atoms with Crippen LogP contribution in [0, 0.1) is 0 Å². The minimum atomic E-state index is -6.57. The van der Waals surface area contributed by atoms with Crippen LogP contribution in [0.25, 0.3) is 23.2 Å². The molecule has 0 spiro atoms. The fourth-order valence-corrected chi connectivity index (χ4v) is 3.68. The molecule has 17 heteroatoms. The van der Waals surface area contributed by atoms with Gasteiger partial charge in [0.15, 0.2) is 21.5 Å². The van der Waals surface area contributed by atoms with Gasteiger partial charge < -0.3 is 4.57 Å². The molecular weight excluding hydrogens is 487 g/mol. The zero-order chi connectivity index (χ0) is 25.0. The van der Waals surface area contributed by atoms with Gasteiger partial charge >= 0.3 is 18.0 Å². The molecule has 0 aromatic carbocycles. The molecule has 3 rings (SSSR count). The second kappa shape index (κ2) is 7.74. The number of imidazole rings is 1. The molecule has 0 N–H and O–H groups in total. The van der Waals surface area contributed by atoms with E-state index < -0.39 is 55.7 Å². The maximum absolute atomic E-state index is 14.3. The number of hydrogen-bond donors (Lipinski definition) is 0. The van der Waals surface area contributed by atoms with Gasteiger partial charge in [-0.2, -0.15) is 30.7 Å². The quantitative estimate of drug-likeness (QED) is 0.478. The number of rotatable bonds is 6. The Morgan fingerprint density at radius 2 is 1.58 bits per heavy atom. The summed E-state index contributed by atoms with van der Waals surface area (Å²) in [4.78, 5) is 14.5. The second-order valence-corrected chi connectivity index (χ2v) is 8.97. The molecule has 0 unspecified atom stereocenters. The third-order valence-corrected chi connectivity index (χ3v) is 6.27. The lowest BCUT2D eigenvalue weighted by Gasteiger charge is -2.28. The van der Waals surface area contributed by atoms with Gasteiger partial charge in [-0.15, -0.1) is 5.10 Å². The molecule has 0 aliphatic heterocycles. The van der Waals surface area contributed by atoms with E-state index in [1.807, 2.05) is 0 Å². The molecule has 0 aliphatic rings. The van der Waals surface area contributed by atoms with Gasteiger partial charge in [0, 0.05) is 14.1 Å². The zero-order valence-electron chi connectivity index (χ0n) is 16.9. The Labute approximate surface area is 181 Å². The smallest absolute Gasteiger partial charge is 0.325 e. The van der Waals surface area contributed by atoms with E-state index in [1.165, 1.54) is 25.0 Å². The largest absolute Gasteiger partial charge is 0.460 e. The lowest BCUT2D eigenvalue weighted by atomic mass is 10.1. The van der Waals surface area contributed by atoms with E-state index in [9.17, 15) is 39.2 Å². The molecule has 0 saturated carbocycles. The lowest BCUT2D eigenvalue weighted by molar-refractivity contribution is -0.360. The summed E-state index contributed by atoms with van der Waals surface area (Å²) < 4.78 is 120. The van der Waals surface area contributed by atoms with Crippen LogP contribution in [0.15, 0.2) is 23.6 Å². The van der Waals surface area contributed by atoms with Crippen molar-refractivity contribution in [2.24, 2.45) is 14.1 Å². The van der Waals surface area contributed by atoms with Gasteiger partial charge in [0.1, 0.15) is 22.6 Å². The Balaban J connectivity index is 2.26. The number of halogens is 7. The SMILES string of the molecule is CCS(=O)(=O)c1cnc(-c2ncn(C)n2)nc1-c1ncc(C(F)(F)C(F)(F)C(F)(F)F)n1C. The average molecular weight is 501 g/mol. The number of alkyl halides is 7. The highest BCUT2D eigenvalue weighted by molar-refractivity contribution is 7.91. The average Bonchev–Trinajstić information content (AvgIpc) is 3.32. The van der Waals surface area contributed by atoms with E-state index in [0.717, 1.165) is 13.2 Å². The highest BCUT2D eigenvalue weighted by atomic mass is 32.2. The van der Waals surface area contributed by atoms with Crippen molar-refractivity contribution in [1.82, 2.24) is 34.3 Å². The monoisotopic (exact) mass is 501 g/mol. The Morgan fingerprint density at radius 1 is 0.939 bits per heavy atom. The van der Waals surface area contributed by atoms with E-state index in [1.54, 1.807) is 0 Å². The molecule has 0 fully saturated rings. The van der Waals surface area contributed by atoms with Crippen molar-refractivity contribution in [2.45, 2.75) is 29.8 Å². The van der Waals surface area contributed by atoms with E-state index in [2.05, 4.69) is 25.0 Å². The highest BCUT2D eigenvalue weighted by Crippen LogP contribution is 2.52. The first-order chi connectivity index (χ1) is 15.0. The van der Waals surface area contributed by atoms with Crippen molar-refractivity contribution in [2.75, 3.05) is 5.75 Å². The fraction of sp³-hybridized carbons (Fsp3) is 0.438. The summed E-state index contributed by atoms with van der Waals surface area (Å²) in [7, 11) is -1.88. The molecule has 33 heavy (non-hydrogen) atoms. The van der Waals surface area contributed by atoms with Crippen LogP contribution in [-0.2, 0) is 29.9 Å². The summed E-state index contributed by atoms with van der Waals surface area (Å²) in [6.07, 6.45) is -4.39. The van der Waals surface area contributed by atoms with E-state index in [-0.39, 0.29) is 22.4 Å². The molecule has 9 nitrogen and oxygen atoms in total. The molecule has 0 amide bonds. The van der Waals surface area contributed by atoms with Gasteiger partial charge in [0.25, 0.3) is 0 Å². The van der Waals surface area contributed by atoms with Gasteiger partial charge in [-0.05, 0) is 0 Å². The molecular formula is C16H14F7N7O2S. The number of nitrogens with zero attached hydrogens (tertiary/aromatic N) is 7. The predicted octanol–water partition coefficient (Wildman–Crippen LogP) is 2.76. The lowest BCUT2D eigenvalue weighted by Crippen LogP contribution is -2.50. The van der Waals surface area contributed by atoms with Crippen LogP contribution >= 0.6 is 0 Å². The second-order valence-electron chi connectivity index (χ2n) is 6.72. The molecule has 0 aliphatic carbocycles. The maximum atomic E-state index is 14.3. The van der Waals surface area contributed by atoms with Crippen LogP contribution < -0.4 is 0 Å². The van der Waals surface area contributed by atoms with Crippen LogP contribution in [0.1, 0.15) is 12.6 Å². The molecule has 0 radical (unpaired) electrons. The van der Waals surface area contributed by atoms with Crippen molar-refractivity contribution >= 4 is 9.84 Å². The van der Waals surface area contributed by atoms with Gasteiger partial charge in [0.2, 0.25) is 5.82 Å². The zero-order valence-corrected chi connectivity index (χ0v) is 17.8. The summed E-state index contributed by atoms with van der Waals surface area (Å²) in [5.74, 6) is -13.7. The Kier molecular flexibility index (Phi) is 5.75. The first-order valence-corrected chi connectivity index (χ1v) is 10.5. The summed E-state index contributed by atoms with van der Waals surface area (Å²) >= 11 is 0. The first kappa shape index (κ1) is 24.5. The van der Waals surface area contributed by atoms with Crippen molar-refractivity contribution in [3.63, 3.8) is 0 Å². The Hall–Kier alpha value is -3.11. The van der Waals surface area contributed by atoms with E-state index in [0.29, 0.717) is 0 Å². The fourth-order valence-electron chi connectivity index (χ4n) is 2.72. The predicted molar refractivity (Wildman–Crippen MR) is 96.9 cm³/mol. The van der Waals surface area contributed by atoms with Gasteiger partial charge in [-0.3, -0.25) is 4.68 Å². The van der Waals surface area contributed by atoms with Crippen molar-refractivity contribution in [3.8, 4) is 23.2 Å². The van der Waals surface area contributed by atoms with Crippen LogP contribution in [-0.4, -0.2) is 60.6 Å². The third kappa shape index (κ3) is 3.93. The molecule has 0 atom stereocenters. The van der Waals surface area contributed by atoms with E-state index >= 15 is 0 Å². The number of aromatic nitrogens is 7. The first-order valence-electron chi connectivity index (χ1n) is 8.85. The number of hydrogen-bond acceptors (Lipinski definition) is 7. The summed E-state index contributed by atoms with van der Waals surface area (Å²) in [6, 6.07) is 0. The van der Waals surface area contributed by atoms with Crippen molar-refractivity contribution < 1.29 is 39.2 Å². The molecule has 3 heterocycles. The summed E-state index contributed by atoms with van der Waals surface area (Å²) in [5.41, 5.74) is -2.41. The maximum Gasteiger partial charge on any atom is 0.460 e. The minimum Gasteiger partial charge on any atom is -0.325 e. The van der Waals surface area contributed by atoms with Crippen molar-refractivity contribution in [1.29, 1.82) is 0 Å². The topological polar surface area (TPSA) is 108 Å². The standard InChI is InChI=1S/C16H14F7N7O2S/c1-4-33(31,32)8-5-24-11(12-26-7-29(2)28-12)27-10(8)13-25-6-9(30(13)3)14(17,18)15(19,20)16(21,22)23/h5-7H,4H2,1-3H3. The summed E-state index contributed by atoms with van der Waals surface area (Å²) in [6.45, 7) is 1.26. The van der Waals surface area contributed by atoms with Crippen molar-refractivity contribution in [3.05, 3.63) is 24.4 Å². The van der Waals surface area contributed by atoms with Crippen LogP contribution in [0.3, 0.4) is 0 Å². The molecule has 180 valence electrons. The van der Waals surface area contributed by atoms with Gasteiger partial charge in [0.05, 0.1) is 18.1 Å². The normalized spacial score (nSPS) is 13.5. The summed E-state index contributed by atoms with van der Waals surface area (Å²) in [5, 5.41) is 3.91. The Bertz CT molecular complexity index is 1300. The molecule has 3 aromatic heterocycles. The van der Waals surface area contributed by atoms with Crippen LogP contribution in [0.2, 0.25) is 0 Å². The third-order valence-electron chi connectivity index (χ3n) is 4.54. The Morgan fingerprint density at radius 3 is 2.09 bits per heavy atom. The molecule has 0 saturated heterocycles. The van der Waals surface area contributed by atoms with Crippen LogP contribution in [0.4, 0.5) is 30.7 Å². The molecule has 0 bridgehead atoms. The number of sulfone groups is 1. The van der Waals surface area contributed by atoms with Gasteiger partial charge in [-0.25, -0.2) is 28.4 Å². The van der Waals surface area contributed by atoms with E-state index in [4.69, 9.17) is 0 Å².